The van der Waals surface area contributed by atoms with Gasteiger partial charge in [0.1, 0.15) is 11.4 Å². The van der Waals surface area contributed by atoms with E-state index in [4.69, 9.17) is 14.8 Å². The Hall–Kier alpha value is -3.42. The fourth-order valence-electron chi connectivity index (χ4n) is 5.38. The topological polar surface area (TPSA) is 66.7 Å². The highest BCUT2D eigenvalue weighted by atomic mass is 16.5. The zero-order valence-corrected chi connectivity index (χ0v) is 21.3. The van der Waals surface area contributed by atoms with Gasteiger partial charge in [0.05, 0.1) is 36.7 Å². The van der Waals surface area contributed by atoms with Crippen LogP contribution in [-0.2, 0) is 0 Å². The van der Waals surface area contributed by atoms with E-state index < -0.39 is 0 Å². The first-order chi connectivity index (χ1) is 17.5. The maximum atomic E-state index is 10.4. The van der Waals surface area contributed by atoms with Crippen molar-refractivity contribution in [3.8, 4) is 11.4 Å². The summed E-state index contributed by atoms with van der Waals surface area (Å²) >= 11 is 0. The van der Waals surface area contributed by atoms with Gasteiger partial charge in [0.2, 0.25) is 0 Å². The molecule has 1 aliphatic rings. The van der Waals surface area contributed by atoms with Crippen LogP contribution in [0.3, 0.4) is 0 Å². The first-order valence-corrected chi connectivity index (χ1v) is 12.6. The third-order valence-corrected chi connectivity index (χ3v) is 7.20. The number of nitrogens with zero attached hydrogens (tertiary/aromatic N) is 5. The van der Waals surface area contributed by atoms with Crippen molar-refractivity contribution in [2.45, 2.75) is 26.3 Å². The van der Waals surface area contributed by atoms with E-state index in [1.807, 2.05) is 47.4 Å². The number of methoxy groups -OCH3 is 1. The number of anilines is 1. The van der Waals surface area contributed by atoms with Gasteiger partial charge in [-0.2, -0.15) is 5.10 Å². The fraction of sp³-hybridized carbons (Fsp3) is 0.379. The summed E-state index contributed by atoms with van der Waals surface area (Å²) < 4.78 is 7.69. The van der Waals surface area contributed by atoms with E-state index in [0.717, 1.165) is 66.3 Å². The predicted octanol–water partition coefficient (Wildman–Crippen LogP) is 4.70. The molecule has 188 valence electrons. The number of ether oxygens (including phenoxy) is 1. The molecule has 36 heavy (non-hydrogen) atoms. The molecule has 1 fully saturated rings. The van der Waals surface area contributed by atoms with E-state index in [-0.39, 0.29) is 18.1 Å². The van der Waals surface area contributed by atoms with Gasteiger partial charge in [-0.3, -0.25) is 9.88 Å². The molecule has 0 radical (unpaired) electrons. The van der Waals surface area contributed by atoms with Gasteiger partial charge in [0.25, 0.3) is 0 Å². The Morgan fingerprint density at radius 1 is 0.972 bits per heavy atom. The Labute approximate surface area is 212 Å². The lowest BCUT2D eigenvalue weighted by atomic mass is 9.82. The molecule has 0 saturated carbocycles. The fourth-order valence-corrected chi connectivity index (χ4v) is 5.38. The van der Waals surface area contributed by atoms with Crippen molar-refractivity contribution in [2.24, 2.45) is 5.41 Å². The number of aliphatic hydroxyl groups excluding tert-OH is 1. The Morgan fingerprint density at radius 2 is 1.81 bits per heavy atom. The van der Waals surface area contributed by atoms with Crippen molar-refractivity contribution in [1.29, 1.82) is 0 Å². The second kappa shape index (κ2) is 10.3. The van der Waals surface area contributed by atoms with Crippen molar-refractivity contribution in [3.63, 3.8) is 0 Å². The first-order valence-electron chi connectivity index (χ1n) is 12.6. The summed E-state index contributed by atoms with van der Waals surface area (Å²) in [6.07, 6.45) is 4.85. The molecule has 0 spiro atoms. The van der Waals surface area contributed by atoms with E-state index in [2.05, 4.69) is 54.0 Å². The summed E-state index contributed by atoms with van der Waals surface area (Å²) in [5.41, 5.74) is 3.68. The van der Waals surface area contributed by atoms with Crippen LogP contribution in [0.4, 0.5) is 5.69 Å². The van der Waals surface area contributed by atoms with Crippen LogP contribution in [-0.4, -0.2) is 64.7 Å². The van der Waals surface area contributed by atoms with E-state index in [1.54, 1.807) is 7.11 Å². The lowest BCUT2D eigenvalue weighted by Gasteiger charge is -2.40. The minimum Gasteiger partial charge on any atom is -0.494 e. The molecular weight excluding hydrogens is 450 g/mol. The van der Waals surface area contributed by atoms with Crippen LogP contribution in [0.25, 0.3) is 16.6 Å². The quantitative estimate of drug-likeness (QED) is 0.409. The average Bonchev–Trinajstić information content (AvgIpc) is 3.27. The lowest BCUT2D eigenvalue weighted by molar-refractivity contribution is 0.0382. The van der Waals surface area contributed by atoms with E-state index >= 15 is 0 Å². The minimum absolute atomic E-state index is 0.0139. The SMILES string of the molecule is COc1ccc2cccnc2c1N1CCCN(C(c2ccn(-c3ccccc3)n2)C(C)(C)CO)CC1. The van der Waals surface area contributed by atoms with Crippen molar-refractivity contribution in [3.05, 3.63) is 78.8 Å². The molecule has 7 nitrogen and oxygen atoms in total. The first kappa shape index (κ1) is 24.3. The van der Waals surface area contributed by atoms with E-state index in [0.29, 0.717) is 0 Å². The highest BCUT2D eigenvalue weighted by molar-refractivity contribution is 5.94. The number of fused-ring (bicyclic) bond motifs is 1. The maximum absolute atomic E-state index is 10.4. The molecule has 4 aromatic rings. The second-order valence-corrected chi connectivity index (χ2v) is 10.1. The largest absolute Gasteiger partial charge is 0.494 e. The molecular formula is C29H35N5O2. The number of aliphatic hydroxyl groups is 1. The summed E-state index contributed by atoms with van der Waals surface area (Å²) in [7, 11) is 1.72. The summed E-state index contributed by atoms with van der Waals surface area (Å²) in [4.78, 5) is 9.59. The van der Waals surface area contributed by atoms with Crippen molar-refractivity contribution in [1.82, 2.24) is 19.7 Å². The number of para-hydroxylation sites is 1. The summed E-state index contributed by atoms with van der Waals surface area (Å²) in [5.74, 6) is 0.850. The molecule has 5 rings (SSSR count). The minimum atomic E-state index is -0.357. The molecule has 0 bridgehead atoms. The Bertz CT molecular complexity index is 1300. The molecule has 2 aromatic heterocycles. The number of pyridine rings is 1. The van der Waals surface area contributed by atoms with Crippen LogP contribution in [0.5, 0.6) is 5.75 Å². The van der Waals surface area contributed by atoms with Gasteiger partial charge in [0.15, 0.2) is 0 Å². The van der Waals surface area contributed by atoms with Crippen LogP contribution in [0, 0.1) is 5.41 Å². The van der Waals surface area contributed by atoms with Crippen LogP contribution < -0.4 is 9.64 Å². The Kier molecular flexibility index (Phi) is 6.94. The Balaban J connectivity index is 1.45. The predicted molar refractivity (Wildman–Crippen MR) is 144 cm³/mol. The normalized spacial score (nSPS) is 16.2. The van der Waals surface area contributed by atoms with E-state index in [1.165, 1.54) is 0 Å². The highest BCUT2D eigenvalue weighted by Gasteiger charge is 2.37. The zero-order chi connectivity index (χ0) is 25.1. The molecule has 0 aliphatic carbocycles. The van der Waals surface area contributed by atoms with Crippen molar-refractivity contribution >= 4 is 16.6 Å². The third-order valence-electron chi connectivity index (χ3n) is 7.20. The molecule has 1 unspecified atom stereocenters. The van der Waals surface area contributed by atoms with Gasteiger partial charge in [-0.25, -0.2) is 4.68 Å². The summed E-state index contributed by atoms with van der Waals surface area (Å²) in [6, 6.07) is 20.4. The van der Waals surface area contributed by atoms with Crippen LogP contribution >= 0.6 is 0 Å². The molecule has 7 heteroatoms. The molecule has 1 atom stereocenters. The third kappa shape index (κ3) is 4.68. The average molecular weight is 486 g/mol. The van der Waals surface area contributed by atoms with Gasteiger partial charge in [-0.15, -0.1) is 0 Å². The van der Waals surface area contributed by atoms with Crippen LogP contribution in [0.15, 0.2) is 73.1 Å². The van der Waals surface area contributed by atoms with Gasteiger partial charge in [0, 0.05) is 49.4 Å². The number of benzene rings is 2. The van der Waals surface area contributed by atoms with Crippen LogP contribution in [0.1, 0.15) is 32.0 Å². The van der Waals surface area contributed by atoms with Crippen LogP contribution in [0.2, 0.25) is 0 Å². The monoisotopic (exact) mass is 485 g/mol. The number of aromatic nitrogens is 3. The van der Waals surface area contributed by atoms with Gasteiger partial charge in [-0.05, 0) is 42.8 Å². The number of hydrogen-bond donors (Lipinski definition) is 1. The molecule has 3 heterocycles. The van der Waals surface area contributed by atoms with Crippen molar-refractivity contribution < 1.29 is 9.84 Å². The summed E-state index contributed by atoms with van der Waals surface area (Å²) in [6.45, 7) is 7.84. The number of rotatable bonds is 7. The second-order valence-electron chi connectivity index (χ2n) is 10.1. The molecule has 0 amide bonds. The maximum Gasteiger partial charge on any atom is 0.144 e. The highest BCUT2D eigenvalue weighted by Crippen LogP contribution is 2.40. The zero-order valence-electron chi connectivity index (χ0n) is 21.3. The number of hydrogen-bond acceptors (Lipinski definition) is 6. The lowest BCUT2D eigenvalue weighted by Crippen LogP contribution is -2.42. The Morgan fingerprint density at radius 3 is 2.58 bits per heavy atom. The van der Waals surface area contributed by atoms with Gasteiger partial charge < -0.3 is 14.7 Å². The smallest absolute Gasteiger partial charge is 0.144 e. The van der Waals surface area contributed by atoms with Gasteiger partial charge in [-0.1, -0.05) is 38.1 Å². The molecule has 1 saturated heterocycles. The van der Waals surface area contributed by atoms with Gasteiger partial charge >= 0.3 is 0 Å². The molecule has 1 aliphatic heterocycles. The van der Waals surface area contributed by atoms with Crippen molar-refractivity contribution in [2.75, 3.05) is 44.8 Å². The van der Waals surface area contributed by atoms with E-state index in [9.17, 15) is 5.11 Å². The summed E-state index contributed by atoms with van der Waals surface area (Å²) in [5, 5.41) is 16.4. The molecule has 1 N–H and O–H groups in total. The standard InChI is InChI=1S/C29H35N5O2/c1-29(2,21-35)28(24-14-18-34(31-24)23-10-5-4-6-11-23)33-17-8-16-32(19-20-33)27-25(36-3)13-12-22-9-7-15-30-26(22)27/h4-7,9-15,18,28,35H,8,16-17,19-21H2,1-3H3. The molecule has 2 aromatic carbocycles.